The first-order chi connectivity index (χ1) is 12.0. The highest BCUT2D eigenvalue weighted by molar-refractivity contribution is 6.31. The van der Waals surface area contributed by atoms with Crippen molar-refractivity contribution in [3.63, 3.8) is 0 Å². The van der Waals surface area contributed by atoms with Crippen molar-refractivity contribution in [1.29, 1.82) is 0 Å². The Morgan fingerprint density at radius 3 is 2.63 bits per heavy atom. The predicted octanol–water partition coefficient (Wildman–Crippen LogP) is 4.44. The molecule has 0 amide bonds. The van der Waals surface area contributed by atoms with Crippen molar-refractivity contribution in [2.24, 2.45) is 0 Å². The number of ether oxygens (including phenoxy) is 1. The number of hydrogen-bond acceptors (Lipinski definition) is 5. The van der Waals surface area contributed by atoms with E-state index in [9.17, 15) is 4.79 Å². The molecule has 0 spiro atoms. The van der Waals surface area contributed by atoms with Gasteiger partial charge in [-0.3, -0.25) is 4.98 Å². The molecule has 1 aromatic carbocycles. The maximum atomic E-state index is 12.5. The average Bonchev–Trinajstić information content (AvgIpc) is 2.61. The van der Waals surface area contributed by atoms with Gasteiger partial charge in [-0.15, -0.1) is 24.8 Å². The van der Waals surface area contributed by atoms with Gasteiger partial charge in [0.05, 0.1) is 17.8 Å². The van der Waals surface area contributed by atoms with Gasteiger partial charge in [0, 0.05) is 29.7 Å². The molecule has 0 bridgehead atoms. The Hall–Kier alpha value is -1.27. The van der Waals surface area contributed by atoms with Gasteiger partial charge in [0.1, 0.15) is 5.56 Å². The first-order valence-electron chi connectivity index (χ1n) is 8.68. The first-order valence-corrected chi connectivity index (χ1v) is 9.05. The Bertz CT molecular complexity index is 780. The monoisotopic (exact) mass is 433 g/mol. The van der Waals surface area contributed by atoms with Crippen LogP contribution in [0.4, 0.5) is 5.69 Å². The normalized spacial score (nSPS) is 15.0. The summed E-state index contributed by atoms with van der Waals surface area (Å²) in [5.74, 6) is -0.341. The molecule has 0 radical (unpaired) electrons. The summed E-state index contributed by atoms with van der Waals surface area (Å²) in [7, 11) is 4.19. The summed E-state index contributed by atoms with van der Waals surface area (Å²) in [6, 6.07) is 5.96. The summed E-state index contributed by atoms with van der Waals surface area (Å²) in [6.07, 6.45) is 3.73. The highest BCUT2D eigenvalue weighted by atomic mass is 35.5. The van der Waals surface area contributed by atoms with E-state index in [1.54, 1.807) is 6.20 Å². The summed E-state index contributed by atoms with van der Waals surface area (Å²) < 4.78 is 5.26. The molecule has 1 aliphatic heterocycles. The third kappa shape index (κ3) is 5.17. The van der Waals surface area contributed by atoms with E-state index in [2.05, 4.69) is 21.8 Å². The highest BCUT2D eigenvalue weighted by Crippen LogP contribution is 2.34. The van der Waals surface area contributed by atoms with Crippen molar-refractivity contribution in [2.45, 2.75) is 25.8 Å². The van der Waals surface area contributed by atoms with E-state index in [-0.39, 0.29) is 30.8 Å². The van der Waals surface area contributed by atoms with Crippen LogP contribution in [0.5, 0.6) is 0 Å². The van der Waals surface area contributed by atoms with E-state index in [1.807, 2.05) is 32.2 Å². The van der Waals surface area contributed by atoms with Crippen LogP contribution in [0, 0.1) is 0 Å². The molecule has 0 saturated carbocycles. The second-order valence-electron chi connectivity index (χ2n) is 6.55. The van der Waals surface area contributed by atoms with Crippen molar-refractivity contribution < 1.29 is 9.53 Å². The van der Waals surface area contributed by atoms with Gasteiger partial charge in [-0.1, -0.05) is 11.6 Å². The van der Waals surface area contributed by atoms with Crippen LogP contribution in [0.2, 0.25) is 5.02 Å². The summed E-state index contributed by atoms with van der Waals surface area (Å²) in [4.78, 5) is 21.5. The zero-order chi connectivity index (χ0) is 18.0. The maximum Gasteiger partial charge on any atom is 0.341 e. The number of rotatable bonds is 4. The van der Waals surface area contributed by atoms with Gasteiger partial charge in [-0.2, -0.15) is 0 Å². The van der Waals surface area contributed by atoms with Gasteiger partial charge >= 0.3 is 5.97 Å². The van der Waals surface area contributed by atoms with Gasteiger partial charge < -0.3 is 14.5 Å². The van der Waals surface area contributed by atoms with Gasteiger partial charge in [0.2, 0.25) is 0 Å². The fraction of sp³-hybridized carbons (Fsp3) is 0.474. The van der Waals surface area contributed by atoms with E-state index in [0.717, 1.165) is 42.5 Å². The van der Waals surface area contributed by atoms with Crippen LogP contribution in [0.15, 0.2) is 24.4 Å². The molecule has 1 fully saturated rings. The summed E-state index contributed by atoms with van der Waals surface area (Å²) in [5, 5.41) is 1.52. The number of piperidine rings is 1. The van der Waals surface area contributed by atoms with Crippen LogP contribution in [0.25, 0.3) is 10.9 Å². The average molecular weight is 435 g/mol. The van der Waals surface area contributed by atoms with Crippen LogP contribution in [0.3, 0.4) is 0 Å². The number of esters is 1. The third-order valence-corrected chi connectivity index (χ3v) is 5.12. The van der Waals surface area contributed by atoms with Crippen molar-refractivity contribution in [3.05, 3.63) is 35.0 Å². The van der Waals surface area contributed by atoms with Crippen LogP contribution in [0.1, 0.15) is 30.1 Å². The minimum absolute atomic E-state index is 0. The zero-order valence-corrected chi connectivity index (χ0v) is 18.2. The number of likely N-dealkylation sites (tertiary alicyclic amines) is 1. The fourth-order valence-corrected chi connectivity index (χ4v) is 3.63. The number of fused-ring (bicyclic) bond motifs is 1. The molecule has 0 unspecified atom stereocenters. The van der Waals surface area contributed by atoms with E-state index in [1.165, 1.54) is 0 Å². The van der Waals surface area contributed by atoms with Gasteiger partial charge in [-0.05, 0) is 58.1 Å². The summed E-state index contributed by atoms with van der Waals surface area (Å²) >= 11 is 6.22. The molecular weight excluding hydrogens is 409 g/mol. The topological polar surface area (TPSA) is 45.7 Å². The number of anilines is 1. The van der Waals surface area contributed by atoms with Crippen molar-refractivity contribution in [2.75, 3.05) is 38.7 Å². The Morgan fingerprint density at radius 1 is 1.33 bits per heavy atom. The molecule has 2 heterocycles. The zero-order valence-electron chi connectivity index (χ0n) is 15.8. The van der Waals surface area contributed by atoms with E-state index in [4.69, 9.17) is 16.3 Å². The summed E-state index contributed by atoms with van der Waals surface area (Å²) in [6.45, 7) is 4.24. The molecule has 1 aromatic heterocycles. The lowest BCUT2D eigenvalue weighted by Crippen LogP contribution is -2.42. The molecule has 27 heavy (non-hydrogen) atoms. The van der Waals surface area contributed by atoms with Crippen LogP contribution < -0.4 is 4.90 Å². The Kier molecular flexibility index (Phi) is 9.09. The molecule has 1 saturated heterocycles. The molecule has 1 aliphatic rings. The number of halogens is 3. The molecule has 0 atom stereocenters. The highest BCUT2D eigenvalue weighted by Gasteiger charge is 2.26. The predicted molar refractivity (Wildman–Crippen MR) is 116 cm³/mol. The number of aromatic nitrogens is 1. The number of nitrogens with zero attached hydrogens (tertiary/aromatic N) is 3. The SMILES string of the molecule is CCOC(=O)c1cnc2ccc(Cl)cc2c1N(C)C1CCN(C)CC1.Cl.Cl. The third-order valence-electron chi connectivity index (χ3n) is 4.89. The maximum absolute atomic E-state index is 12.5. The van der Waals surface area contributed by atoms with E-state index < -0.39 is 0 Å². The molecule has 5 nitrogen and oxygen atoms in total. The van der Waals surface area contributed by atoms with Crippen LogP contribution in [-0.2, 0) is 4.74 Å². The largest absolute Gasteiger partial charge is 0.462 e. The lowest BCUT2D eigenvalue weighted by Gasteiger charge is -2.37. The second kappa shape index (κ2) is 10.3. The molecule has 150 valence electrons. The molecule has 8 heteroatoms. The van der Waals surface area contributed by atoms with Gasteiger partial charge in [-0.25, -0.2) is 4.79 Å². The molecular formula is C19H26Cl3N3O2. The van der Waals surface area contributed by atoms with E-state index >= 15 is 0 Å². The van der Waals surface area contributed by atoms with E-state index in [0.29, 0.717) is 23.2 Å². The molecule has 0 aliphatic carbocycles. The Morgan fingerprint density at radius 2 is 2.00 bits per heavy atom. The second-order valence-corrected chi connectivity index (χ2v) is 6.98. The number of benzene rings is 1. The quantitative estimate of drug-likeness (QED) is 0.666. The molecule has 0 N–H and O–H groups in total. The number of hydrogen-bond donors (Lipinski definition) is 0. The van der Waals surface area contributed by atoms with Crippen LogP contribution >= 0.6 is 36.4 Å². The number of pyridine rings is 1. The van der Waals surface area contributed by atoms with Gasteiger partial charge in [0.25, 0.3) is 0 Å². The lowest BCUT2D eigenvalue weighted by molar-refractivity contribution is 0.0526. The standard InChI is InChI=1S/C19H24ClN3O2.2ClH/c1-4-25-19(24)16-12-21-17-6-5-13(20)11-15(17)18(16)23(3)14-7-9-22(2)10-8-14;;/h5-6,11-12,14H,4,7-10H2,1-3H3;2*1H. The first kappa shape index (κ1) is 23.8. The fourth-order valence-electron chi connectivity index (χ4n) is 3.45. The minimum atomic E-state index is -0.341. The van der Waals surface area contributed by atoms with Crippen molar-refractivity contribution >= 4 is 59.0 Å². The minimum Gasteiger partial charge on any atom is -0.462 e. The number of carbonyl (C=O) groups excluding carboxylic acids is 1. The van der Waals surface area contributed by atoms with Crippen molar-refractivity contribution in [1.82, 2.24) is 9.88 Å². The summed E-state index contributed by atoms with van der Waals surface area (Å²) in [5.41, 5.74) is 2.19. The van der Waals surface area contributed by atoms with Gasteiger partial charge in [0.15, 0.2) is 0 Å². The molecule has 3 rings (SSSR count). The van der Waals surface area contributed by atoms with Crippen LogP contribution in [-0.4, -0.2) is 55.7 Å². The lowest BCUT2D eigenvalue weighted by atomic mass is 10.0. The number of carbonyl (C=O) groups is 1. The smallest absolute Gasteiger partial charge is 0.341 e. The Balaban J connectivity index is 0.00000182. The molecule has 2 aromatic rings. The Labute approximate surface area is 177 Å². The van der Waals surface area contributed by atoms with Crippen molar-refractivity contribution in [3.8, 4) is 0 Å².